The predicted molar refractivity (Wildman–Crippen MR) is 131 cm³/mol. The molecule has 0 saturated carbocycles. The van der Waals surface area contributed by atoms with Gasteiger partial charge in [-0.15, -0.1) is 10.2 Å². The minimum Gasteiger partial charge on any atom is -0.385 e. The number of anilines is 1. The summed E-state index contributed by atoms with van der Waals surface area (Å²) in [7, 11) is 1.38. The molecule has 0 aliphatic carbocycles. The number of nitriles is 1. The molecule has 0 radical (unpaired) electrons. The lowest BCUT2D eigenvalue weighted by molar-refractivity contribution is -0.145. The molecule has 0 bridgehead atoms. The molecule has 2 amide bonds. The number of aliphatic hydroxyl groups excluding tert-OH is 1. The molecule has 0 spiro atoms. The Morgan fingerprint density at radius 2 is 1.98 bits per heavy atom. The van der Waals surface area contributed by atoms with Crippen LogP contribution in [0.5, 0.6) is 0 Å². The summed E-state index contributed by atoms with van der Waals surface area (Å²) in [5.74, 6) is -2.85. The van der Waals surface area contributed by atoms with Gasteiger partial charge < -0.3 is 15.7 Å². The van der Waals surface area contributed by atoms with Crippen LogP contribution in [0.3, 0.4) is 0 Å². The molecule has 0 aliphatic rings. The second-order valence-corrected chi connectivity index (χ2v) is 8.62. The Morgan fingerprint density at radius 3 is 2.60 bits per heavy atom. The van der Waals surface area contributed by atoms with E-state index < -0.39 is 36.5 Å². The SMILES string of the molecule is CNC(=O)c1cc(C#N)cc(C)c1NC(=O)c1cc(C(O)Cn2nnc(C(F)(F)F)n2)nn1-c1ncccc1Cl. The molecule has 0 fully saturated rings. The van der Waals surface area contributed by atoms with Crippen molar-refractivity contribution in [3.05, 3.63) is 75.5 Å². The number of nitrogens with zero attached hydrogens (tertiary/aromatic N) is 8. The van der Waals surface area contributed by atoms with E-state index in [0.717, 1.165) is 4.68 Å². The Hall–Kier alpha value is -4.88. The second-order valence-electron chi connectivity index (χ2n) is 8.22. The summed E-state index contributed by atoms with van der Waals surface area (Å²) in [6, 6.07) is 8.92. The molecule has 0 saturated heterocycles. The molecular weight excluding hydrogens is 557 g/mol. The lowest BCUT2D eigenvalue weighted by Crippen LogP contribution is -2.24. The van der Waals surface area contributed by atoms with Gasteiger partial charge >= 0.3 is 6.18 Å². The summed E-state index contributed by atoms with van der Waals surface area (Å²) >= 11 is 6.26. The molecule has 4 rings (SSSR count). The number of amides is 2. The molecule has 13 nitrogen and oxygen atoms in total. The van der Waals surface area contributed by atoms with Crippen molar-refractivity contribution in [1.29, 1.82) is 5.26 Å². The third-order valence-electron chi connectivity index (χ3n) is 5.46. The van der Waals surface area contributed by atoms with Gasteiger partial charge in [0.15, 0.2) is 5.82 Å². The summed E-state index contributed by atoms with van der Waals surface area (Å²) in [4.78, 5) is 30.7. The quantitative estimate of drug-likeness (QED) is 0.299. The third-order valence-corrected chi connectivity index (χ3v) is 5.75. The first kappa shape index (κ1) is 28.1. The van der Waals surface area contributed by atoms with Crippen LogP contribution in [0.1, 0.15) is 49.6 Å². The minimum atomic E-state index is -4.83. The molecule has 3 heterocycles. The third kappa shape index (κ3) is 5.75. The van der Waals surface area contributed by atoms with E-state index in [1.807, 2.05) is 6.07 Å². The van der Waals surface area contributed by atoms with Crippen LogP contribution in [-0.2, 0) is 12.7 Å². The van der Waals surface area contributed by atoms with Crippen molar-refractivity contribution in [1.82, 2.24) is 40.3 Å². The summed E-state index contributed by atoms with van der Waals surface area (Å²) < 4.78 is 39.5. The van der Waals surface area contributed by atoms with Crippen molar-refractivity contribution < 1.29 is 27.9 Å². The van der Waals surface area contributed by atoms with E-state index in [-0.39, 0.29) is 39.0 Å². The summed E-state index contributed by atoms with van der Waals surface area (Å²) in [5.41, 5.74) is 0.389. The Morgan fingerprint density at radius 1 is 1.23 bits per heavy atom. The summed E-state index contributed by atoms with van der Waals surface area (Å²) in [6.45, 7) is 1.01. The zero-order chi connectivity index (χ0) is 29.2. The van der Waals surface area contributed by atoms with Gasteiger partial charge in [0, 0.05) is 13.2 Å². The van der Waals surface area contributed by atoms with Crippen LogP contribution in [0, 0.1) is 18.3 Å². The first-order chi connectivity index (χ1) is 18.9. The van der Waals surface area contributed by atoms with Crippen molar-refractivity contribution in [2.45, 2.75) is 25.7 Å². The molecule has 3 aromatic heterocycles. The molecule has 1 unspecified atom stereocenters. The zero-order valence-corrected chi connectivity index (χ0v) is 21.4. The Balaban J connectivity index is 1.74. The molecule has 40 heavy (non-hydrogen) atoms. The van der Waals surface area contributed by atoms with Gasteiger partial charge in [-0.3, -0.25) is 9.59 Å². The van der Waals surface area contributed by atoms with Gasteiger partial charge in [0.05, 0.1) is 40.1 Å². The van der Waals surface area contributed by atoms with Gasteiger partial charge in [-0.25, -0.2) is 9.67 Å². The van der Waals surface area contributed by atoms with Crippen LogP contribution in [0.2, 0.25) is 5.02 Å². The van der Waals surface area contributed by atoms with E-state index in [2.05, 4.69) is 36.1 Å². The number of carbonyl (C=O) groups excluding carboxylic acids is 2. The number of aryl methyl sites for hydroxylation is 1. The number of rotatable bonds is 7. The number of aromatic nitrogens is 7. The molecule has 1 atom stereocenters. The molecule has 1 aromatic carbocycles. The summed E-state index contributed by atoms with van der Waals surface area (Å²) in [5, 5.41) is 38.8. The fraction of sp³-hybridized carbons (Fsp3) is 0.217. The average molecular weight is 575 g/mol. The van der Waals surface area contributed by atoms with Crippen LogP contribution < -0.4 is 10.6 Å². The van der Waals surface area contributed by atoms with Crippen molar-refractivity contribution in [2.24, 2.45) is 0 Å². The zero-order valence-electron chi connectivity index (χ0n) is 20.6. The molecule has 206 valence electrons. The normalized spacial score (nSPS) is 12.1. The van der Waals surface area contributed by atoms with E-state index >= 15 is 0 Å². The van der Waals surface area contributed by atoms with Gasteiger partial charge in [-0.1, -0.05) is 11.6 Å². The number of hydrogen-bond acceptors (Lipinski definition) is 9. The van der Waals surface area contributed by atoms with Crippen LogP contribution in [0.4, 0.5) is 18.9 Å². The topological polar surface area (TPSA) is 177 Å². The van der Waals surface area contributed by atoms with Crippen molar-refractivity contribution in [2.75, 3.05) is 12.4 Å². The fourth-order valence-corrected chi connectivity index (χ4v) is 3.81. The van der Waals surface area contributed by atoms with Gasteiger partial charge in [0.25, 0.3) is 17.6 Å². The molecule has 17 heteroatoms. The minimum absolute atomic E-state index is 0.00841. The lowest BCUT2D eigenvalue weighted by Gasteiger charge is -2.14. The molecule has 0 aliphatic heterocycles. The number of pyridine rings is 1. The van der Waals surface area contributed by atoms with Crippen molar-refractivity contribution in [3.8, 4) is 11.9 Å². The number of aliphatic hydroxyl groups is 1. The summed E-state index contributed by atoms with van der Waals surface area (Å²) in [6.07, 6.45) is -5.03. The highest BCUT2D eigenvalue weighted by Crippen LogP contribution is 2.27. The Bertz CT molecular complexity index is 1640. The first-order valence-electron chi connectivity index (χ1n) is 11.2. The van der Waals surface area contributed by atoms with Crippen molar-refractivity contribution >= 4 is 29.1 Å². The number of halogens is 4. The van der Waals surface area contributed by atoms with E-state index in [9.17, 15) is 33.1 Å². The molecule has 3 N–H and O–H groups in total. The fourth-order valence-electron chi connectivity index (χ4n) is 3.61. The Kier molecular flexibility index (Phi) is 7.79. The van der Waals surface area contributed by atoms with E-state index in [4.69, 9.17) is 11.6 Å². The maximum atomic E-state index is 13.5. The second kappa shape index (κ2) is 11.1. The number of hydrogen-bond donors (Lipinski definition) is 3. The predicted octanol–water partition coefficient (Wildman–Crippen LogP) is 2.45. The van der Waals surface area contributed by atoms with Gasteiger partial charge in [0.2, 0.25) is 0 Å². The first-order valence-corrected chi connectivity index (χ1v) is 11.6. The van der Waals surface area contributed by atoms with Crippen LogP contribution in [0.25, 0.3) is 5.82 Å². The van der Waals surface area contributed by atoms with Crippen LogP contribution >= 0.6 is 11.6 Å². The largest absolute Gasteiger partial charge is 0.455 e. The van der Waals surface area contributed by atoms with Gasteiger partial charge in [-0.05, 0) is 48.0 Å². The van der Waals surface area contributed by atoms with E-state index in [1.54, 1.807) is 6.92 Å². The molecule has 4 aromatic rings. The van der Waals surface area contributed by atoms with Crippen LogP contribution in [-0.4, -0.2) is 58.9 Å². The van der Waals surface area contributed by atoms with Gasteiger partial charge in [0.1, 0.15) is 11.8 Å². The monoisotopic (exact) mass is 574 g/mol. The van der Waals surface area contributed by atoms with Crippen molar-refractivity contribution in [3.63, 3.8) is 0 Å². The maximum absolute atomic E-state index is 13.5. The highest BCUT2D eigenvalue weighted by molar-refractivity contribution is 6.32. The van der Waals surface area contributed by atoms with Crippen LogP contribution in [0.15, 0.2) is 36.5 Å². The van der Waals surface area contributed by atoms with Gasteiger partial charge in [-0.2, -0.15) is 28.3 Å². The highest BCUT2D eigenvalue weighted by Gasteiger charge is 2.37. The molecular formula is C23H18ClF3N10O3. The van der Waals surface area contributed by atoms with E-state index in [1.165, 1.54) is 43.6 Å². The number of tetrazole rings is 1. The number of benzene rings is 1. The average Bonchev–Trinajstić information content (AvgIpc) is 3.57. The standard InChI is InChI=1S/C23H18ClF3N10O3/c1-11-6-12(9-28)7-13(20(39)29-2)18(11)31-21(40)16-8-15(33-37(16)19-14(24)4-3-5-30-19)17(38)10-36-34-22(32-35-36)23(25,26)27/h3-8,17,38H,10H2,1-2H3,(H,29,39)(H,31,40). The number of carbonyl (C=O) groups is 2. The number of nitrogens with one attached hydrogen (secondary N) is 2. The van der Waals surface area contributed by atoms with E-state index in [0.29, 0.717) is 10.4 Å². The maximum Gasteiger partial charge on any atom is 0.455 e. The smallest absolute Gasteiger partial charge is 0.385 e. The Labute approximate surface area is 228 Å². The lowest BCUT2D eigenvalue weighted by atomic mass is 10.0. The highest BCUT2D eigenvalue weighted by atomic mass is 35.5. The number of alkyl halides is 3.